The quantitative estimate of drug-likeness (QED) is 0.626. The Morgan fingerprint density at radius 3 is 2.81 bits per heavy atom. The van der Waals surface area contributed by atoms with Crippen LogP contribution in [-0.2, 0) is 16.1 Å². The molecule has 0 unspecified atom stereocenters. The van der Waals surface area contributed by atoms with Crippen LogP contribution < -0.4 is 0 Å². The molecule has 1 amide bonds. The minimum absolute atomic E-state index is 0.0384. The molecule has 8 heteroatoms. The molecule has 1 aromatic heterocycles. The Hall–Kier alpha value is -2.41. The van der Waals surface area contributed by atoms with E-state index < -0.39 is 17.7 Å². The van der Waals surface area contributed by atoms with Gasteiger partial charge in [-0.15, -0.1) is 0 Å². The third-order valence-corrected chi connectivity index (χ3v) is 4.07. The summed E-state index contributed by atoms with van der Waals surface area (Å²) in [4.78, 5) is 29.8. The first-order chi connectivity index (χ1) is 12.5. The molecule has 0 saturated carbocycles. The number of halogens is 2. The van der Waals surface area contributed by atoms with Crippen molar-refractivity contribution < 1.29 is 18.7 Å². The van der Waals surface area contributed by atoms with Crippen LogP contribution in [0.25, 0.3) is 0 Å². The van der Waals surface area contributed by atoms with Gasteiger partial charge < -0.3 is 14.2 Å². The fourth-order valence-electron chi connectivity index (χ4n) is 2.50. The summed E-state index contributed by atoms with van der Waals surface area (Å²) in [6, 6.07) is 4.09. The van der Waals surface area contributed by atoms with Crippen LogP contribution >= 0.6 is 11.6 Å². The van der Waals surface area contributed by atoms with Crippen LogP contribution in [0.5, 0.6) is 0 Å². The van der Waals surface area contributed by atoms with E-state index in [1.165, 1.54) is 23.1 Å². The van der Waals surface area contributed by atoms with Crippen molar-refractivity contribution in [3.63, 3.8) is 0 Å². The summed E-state index contributed by atoms with van der Waals surface area (Å²) >= 11 is 6.00. The van der Waals surface area contributed by atoms with E-state index in [1.807, 2.05) is 10.8 Å². The third kappa shape index (κ3) is 5.56. The van der Waals surface area contributed by atoms with Crippen LogP contribution in [0, 0.1) is 5.82 Å². The lowest BCUT2D eigenvalue weighted by atomic mass is 10.1. The minimum atomic E-state index is -0.682. The first kappa shape index (κ1) is 19.9. The van der Waals surface area contributed by atoms with E-state index in [0.717, 1.165) is 0 Å². The van der Waals surface area contributed by atoms with Gasteiger partial charge in [0.15, 0.2) is 0 Å². The van der Waals surface area contributed by atoms with Gasteiger partial charge in [-0.1, -0.05) is 17.7 Å². The Bertz CT molecular complexity index is 717. The molecule has 0 N–H and O–H groups in total. The number of nitrogens with zero attached hydrogens (tertiary/aromatic N) is 3. The SMILES string of the molecule is CCOC(=O)CCN(CCCn1ccnc1)C(=O)c1c(F)cccc1Cl. The highest BCUT2D eigenvalue weighted by molar-refractivity contribution is 6.33. The van der Waals surface area contributed by atoms with Crippen LogP contribution in [0.1, 0.15) is 30.1 Å². The highest BCUT2D eigenvalue weighted by Gasteiger charge is 2.22. The van der Waals surface area contributed by atoms with Gasteiger partial charge in [0.2, 0.25) is 0 Å². The molecule has 1 heterocycles. The molecule has 140 valence electrons. The van der Waals surface area contributed by atoms with Gasteiger partial charge in [-0.2, -0.15) is 0 Å². The zero-order valence-electron chi connectivity index (χ0n) is 14.5. The predicted molar refractivity (Wildman–Crippen MR) is 95.4 cm³/mol. The molecule has 0 saturated heterocycles. The van der Waals surface area contributed by atoms with Crippen LogP contribution in [-0.4, -0.2) is 46.0 Å². The van der Waals surface area contributed by atoms with Gasteiger partial charge >= 0.3 is 5.97 Å². The van der Waals surface area contributed by atoms with Crippen LogP contribution in [0.15, 0.2) is 36.9 Å². The Balaban J connectivity index is 2.07. The summed E-state index contributed by atoms with van der Waals surface area (Å²) in [5.74, 6) is -1.62. The molecule has 0 spiro atoms. The second-order valence-electron chi connectivity index (χ2n) is 5.60. The van der Waals surface area contributed by atoms with Crippen molar-refractivity contribution in [2.45, 2.75) is 26.3 Å². The number of aromatic nitrogens is 2. The molecule has 6 nitrogen and oxygen atoms in total. The van der Waals surface area contributed by atoms with Crippen molar-refractivity contribution in [1.29, 1.82) is 0 Å². The number of esters is 1. The Labute approximate surface area is 156 Å². The minimum Gasteiger partial charge on any atom is -0.466 e. The molecule has 0 aliphatic carbocycles. The number of benzene rings is 1. The number of imidazole rings is 1. The number of ether oxygens (including phenoxy) is 1. The highest BCUT2D eigenvalue weighted by atomic mass is 35.5. The summed E-state index contributed by atoms with van der Waals surface area (Å²) < 4.78 is 20.9. The average molecular weight is 382 g/mol. The molecule has 0 atom stereocenters. The fourth-order valence-corrected chi connectivity index (χ4v) is 2.74. The lowest BCUT2D eigenvalue weighted by Crippen LogP contribution is -2.35. The topological polar surface area (TPSA) is 64.4 Å². The summed E-state index contributed by atoms with van der Waals surface area (Å²) in [5.41, 5.74) is -0.180. The average Bonchev–Trinajstić information content (AvgIpc) is 3.11. The van der Waals surface area contributed by atoms with Crippen molar-refractivity contribution in [3.8, 4) is 0 Å². The first-order valence-electron chi connectivity index (χ1n) is 8.37. The number of rotatable bonds is 9. The summed E-state index contributed by atoms with van der Waals surface area (Å²) in [6.45, 7) is 3.11. The van der Waals surface area contributed by atoms with Gasteiger partial charge in [0, 0.05) is 32.0 Å². The van der Waals surface area contributed by atoms with E-state index in [9.17, 15) is 14.0 Å². The van der Waals surface area contributed by atoms with E-state index in [4.69, 9.17) is 16.3 Å². The highest BCUT2D eigenvalue weighted by Crippen LogP contribution is 2.21. The van der Waals surface area contributed by atoms with Crippen LogP contribution in [0.3, 0.4) is 0 Å². The Morgan fingerprint density at radius 1 is 1.35 bits per heavy atom. The molecule has 2 aromatic rings. The van der Waals surface area contributed by atoms with Crippen LogP contribution in [0.2, 0.25) is 5.02 Å². The maximum absolute atomic E-state index is 14.1. The monoisotopic (exact) mass is 381 g/mol. The van der Waals surface area contributed by atoms with Crippen molar-refractivity contribution >= 4 is 23.5 Å². The molecule has 1 aromatic carbocycles. The van der Waals surface area contributed by atoms with Crippen molar-refractivity contribution in [1.82, 2.24) is 14.5 Å². The molecule has 0 fully saturated rings. The zero-order chi connectivity index (χ0) is 18.9. The number of hydrogen-bond acceptors (Lipinski definition) is 4. The Kier molecular flexibility index (Phi) is 7.59. The van der Waals surface area contributed by atoms with Crippen molar-refractivity contribution in [2.75, 3.05) is 19.7 Å². The number of carbonyl (C=O) groups is 2. The molecular formula is C18H21ClFN3O3. The smallest absolute Gasteiger partial charge is 0.307 e. The van der Waals surface area contributed by atoms with Crippen molar-refractivity contribution in [3.05, 3.63) is 53.3 Å². The first-order valence-corrected chi connectivity index (χ1v) is 8.75. The van der Waals surface area contributed by atoms with Gasteiger partial charge in [0.05, 0.1) is 29.9 Å². The van der Waals surface area contributed by atoms with Gasteiger partial charge in [0.1, 0.15) is 5.82 Å². The zero-order valence-corrected chi connectivity index (χ0v) is 15.3. The largest absolute Gasteiger partial charge is 0.466 e. The third-order valence-electron chi connectivity index (χ3n) is 3.76. The lowest BCUT2D eigenvalue weighted by molar-refractivity contribution is -0.143. The maximum Gasteiger partial charge on any atom is 0.307 e. The molecule has 2 rings (SSSR count). The number of amides is 1. The predicted octanol–water partition coefficient (Wildman–Crippen LogP) is 3.16. The van der Waals surface area contributed by atoms with Gasteiger partial charge in [-0.3, -0.25) is 9.59 Å². The molecule has 0 radical (unpaired) electrons. The molecule has 0 bridgehead atoms. The van der Waals surface area contributed by atoms with E-state index in [2.05, 4.69) is 4.98 Å². The van der Waals surface area contributed by atoms with E-state index in [-0.39, 0.29) is 30.2 Å². The van der Waals surface area contributed by atoms with E-state index in [0.29, 0.717) is 19.5 Å². The molecule has 26 heavy (non-hydrogen) atoms. The standard InChI is InChI=1S/C18H21ClFN3O3/c1-2-26-16(24)7-11-23(10-4-9-22-12-8-21-13-22)18(25)17-14(19)5-3-6-15(17)20/h3,5-6,8,12-13H,2,4,7,9-11H2,1H3. The molecule has 0 aliphatic heterocycles. The van der Waals surface area contributed by atoms with Crippen molar-refractivity contribution in [2.24, 2.45) is 0 Å². The molecule has 0 aliphatic rings. The summed E-state index contributed by atoms with van der Waals surface area (Å²) in [6.07, 6.45) is 5.83. The van der Waals surface area contributed by atoms with E-state index in [1.54, 1.807) is 19.4 Å². The van der Waals surface area contributed by atoms with Gasteiger partial charge in [-0.25, -0.2) is 9.37 Å². The second-order valence-corrected chi connectivity index (χ2v) is 6.01. The Morgan fingerprint density at radius 2 is 2.15 bits per heavy atom. The fraction of sp³-hybridized carbons (Fsp3) is 0.389. The number of hydrogen-bond donors (Lipinski definition) is 0. The lowest BCUT2D eigenvalue weighted by Gasteiger charge is -2.23. The maximum atomic E-state index is 14.1. The summed E-state index contributed by atoms with van der Waals surface area (Å²) in [7, 11) is 0. The van der Waals surface area contributed by atoms with E-state index >= 15 is 0 Å². The second kappa shape index (κ2) is 9.91. The normalized spacial score (nSPS) is 10.6. The number of carbonyl (C=O) groups excluding carboxylic acids is 2. The van der Waals surface area contributed by atoms with Gasteiger partial charge in [0.25, 0.3) is 5.91 Å². The number of aryl methyl sites for hydroxylation is 1. The van der Waals surface area contributed by atoms with Gasteiger partial charge in [-0.05, 0) is 25.5 Å². The van der Waals surface area contributed by atoms with Crippen LogP contribution in [0.4, 0.5) is 4.39 Å². The molecular weight excluding hydrogens is 361 g/mol. The summed E-state index contributed by atoms with van der Waals surface area (Å²) in [5, 5.41) is 0.0470.